The molecule has 1 fully saturated rings. The van der Waals surface area contributed by atoms with Crippen molar-refractivity contribution in [3.8, 4) is 0 Å². The molecular formula is C36H44FN3O6. The van der Waals surface area contributed by atoms with Gasteiger partial charge in [0.15, 0.2) is 0 Å². The van der Waals surface area contributed by atoms with E-state index in [0.717, 1.165) is 44.1 Å². The lowest BCUT2D eigenvalue weighted by molar-refractivity contribution is -0.0533. The summed E-state index contributed by atoms with van der Waals surface area (Å²) >= 11 is 0. The number of aromatic carboxylic acids is 1. The number of nitrogens with one attached hydrogen (secondary N) is 1. The Morgan fingerprint density at radius 1 is 1.02 bits per heavy atom. The number of aryl methyl sites for hydroxylation is 1. The average Bonchev–Trinajstić information content (AvgIpc) is 3.04. The number of aliphatic imine (C=N–C) groups is 1. The number of anilines is 1. The van der Waals surface area contributed by atoms with Gasteiger partial charge in [0.1, 0.15) is 5.82 Å². The van der Waals surface area contributed by atoms with Crippen LogP contribution in [0.4, 0.5) is 20.6 Å². The molecule has 46 heavy (non-hydrogen) atoms. The number of carbonyl (C=O) groups excluding carboxylic acids is 2. The van der Waals surface area contributed by atoms with Crippen LogP contribution in [-0.2, 0) is 20.9 Å². The summed E-state index contributed by atoms with van der Waals surface area (Å²) in [7, 11) is 0. The molecule has 2 amide bonds. The standard InChI is InChI=1S/C29H39FN2O5.C7H5NO/c1-4-24(5-2)32(29(35)31-23-12-7-11-22(30)17-23)15-16-36-25-13-8-14-26(18-25)37-19-21-10-6-9-20(3)27(21)28(33)34;9-6-8-7-4-2-1-3-5-7/h6-7,9-12,17,24-26H,4-5,8,13-16,18-19H2,1-3H3,(H,31,35)(H,33,34);1-5H. The van der Waals surface area contributed by atoms with E-state index in [1.807, 2.05) is 38.1 Å². The van der Waals surface area contributed by atoms with Crippen LogP contribution in [0.25, 0.3) is 0 Å². The number of ether oxygens (including phenoxy) is 2. The molecule has 0 radical (unpaired) electrons. The number of carboxylic acid groups (broad SMARTS) is 1. The third-order valence-corrected chi connectivity index (χ3v) is 7.96. The Bertz CT molecular complexity index is 1440. The summed E-state index contributed by atoms with van der Waals surface area (Å²) < 4.78 is 25.8. The average molecular weight is 634 g/mol. The first-order valence-corrected chi connectivity index (χ1v) is 15.8. The van der Waals surface area contributed by atoms with Gasteiger partial charge in [-0.25, -0.2) is 18.8 Å². The Morgan fingerprint density at radius 2 is 1.72 bits per heavy atom. The van der Waals surface area contributed by atoms with Gasteiger partial charge in [-0.1, -0.05) is 56.3 Å². The van der Waals surface area contributed by atoms with Crippen LogP contribution in [0.1, 0.15) is 73.9 Å². The van der Waals surface area contributed by atoms with Gasteiger partial charge in [-0.15, -0.1) is 0 Å². The molecule has 2 unspecified atom stereocenters. The van der Waals surface area contributed by atoms with E-state index >= 15 is 0 Å². The van der Waals surface area contributed by atoms with Crippen LogP contribution < -0.4 is 5.32 Å². The van der Waals surface area contributed by atoms with Crippen molar-refractivity contribution in [1.29, 1.82) is 0 Å². The smallest absolute Gasteiger partial charge is 0.336 e. The van der Waals surface area contributed by atoms with Gasteiger partial charge in [-0.2, -0.15) is 4.99 Å². The van der Waals surface area contributed by atoms with Gasteiger partial charge in [0, 0.05) is 18.3 Å². The number of amides is 2. The molecule has 0 saturated heterocycles. The molecule has 9 nitrogen and oxygen atoms in total. The van der Waals surface area contributed by atoms with Crippen LogP contribution in [0.5, 0.6) is 0 Å². The van der Waals surface area contributed by atoms with Crippen LogP contribution in [0.3, 0.4) is 0 Å². The summed E-state index contributed by atoms with van der Waals surface area (Å²) in [4.78, 5) is 39.5. The number of urea groups is 1. The lowest BCUT2D eigenvalue weighted by atomic mass is 9.94. The lowest BCUT2D eigenvalue weighted by Crippen LogP contribution is -2.44. The maximum absolute atomic E-state index is 13.6. The first kappa shape index (κ1) is 36.1. The summed E-state index contributed by atoms with van der Waals surface area (Å²) in [6.45, 7) is 6.96. The van der Waals surface area contributed by atoms with Gasteiger partial charge < -0.3 is 24.8 Å². The number of benzene rings is 3. The second-order valence-electron chi connectivity index (χ2n) is 11.1. The molecule has 0 heterocycles. The Balaban J connectivity index is 0.000000549. The predicted molar refractivity (Wildman–Crippen MR) is 176 cm³/mol. The van der Waals surface area contributed by atoms with Gasteiger partial charge in [-0.3, -0.25) is 0 Å². The monoisotopic (exact) mass is 633 g/mol. The van der Waals surface area contributed by atoms with Gasteiger partial charge in [0.05, 0.1) is 36.7 Å². The second-order valence-corrected chi connectivity index (χ2v) is 11.1. The number of carboxylic acids is 1. The molecule has 2 atom stereocenters. The molecule has 3 aromatic carbocycles. The number of hydrogen-bond acceptors (Lipinski definition) is 6. The van der Waals surface area contributed by atoms with Crippen molar-refractivity contribution in [3.63, 3.8) is 0 Å². The summed E-state index contributed by atoms with van der Waals surface area (Å²) in [5.41, 5.74) is 2.79. The number of hydrogen-bond donors (Lipinski definition) is 2. The summed E-state index contributed by atoms with van der Waals surface area (Å²) in [5.74, 6) is -1.34. The van der Waals surface area contributed by atoms with Gasteiger partial charge in [-0.05, 0) is 86.9 Å². The Labute approximate surface area is 270 Å². The fourth-order valence-corrected chi connectivity index (χ4v) is 5.58. The zero-order valence-corrected chi connectivity index (χ0v) is 26.8. The lowest BCUT2D eigenvalue weighted by Gasteiger charge is -2.33. The van der Waals surface area contributed by atoms with Crippen LogP contribution >= 0.6 is 0 Å². The summed E-state index contributed by atoms with van der Waals surface area (Å²) in [6.07, 6.45) is 6.61. The van der Waals surface area contributed by atoms with Crippen molar-refractivity contribution in [2.75, 3.05) is 18.5 Å². The van der Waals surface area contributed by atoms with Gasteiger partial charge >= 0.3 is 12.0 Å². The highest BCUT2D eigenvalue weighted by molar-refractivity contribution is 5.91. The van der Waals surface area contributed by atoms with Crippen molar-refractivity contribution >= 4 is 29.5 Å². The molecule has 246 valence electrons. The van der Waals surface area contributed by atoms with Crippen molar-refractivity contribution in [1.82, 2.24) is 4.90 Å². The van der Waals surface area contributed by atoms with E-state index in [0.29, 0.717) is 35.7 Å². The molecule has 10 heteroatoms. The Kier molecular flexibility index (Phi) is 15.1. The first-order valence-electron chi connectivity index (χ1n) is 15.8. The molecule has 1 aliphatic carbocycles. The molecule has 0 bridgehead atoms. The zero-order chi connectivity index (χ0) is 33.3. The second kappa shape index (κ2) is 19.2. The topological polar surface area (TPSA) is 118 Å². The van der Waals surface area contributed by atoms with E-state index in [1.165, 1.54) is 18.2 Å². The van der Waals surface area contributed by atoms with E-state index in [-0.39, 0.29) is 30.9 Å². The molecule has 1 aliphatic rings. The van der Waals surface area contributed by atoms with Crippen LogP contribution in [0, 0.1) is 12.7 Å². The van der Waals surface area contributed by atoms with Crippen molar-refractivity contribution in [3.05, 3.63) is 95.3 Å². The molecule has 0 spiro atoms. The minimum Gasteiger partial charge on any atom is -0.478 e. The van der Waals surface area contributed by atoms with Crippen molar-refractivity contribution in [2.45, 2.75) is 84.2 Å². The van der Waals surface area contributed by atoms with E-state index in [4.69, 9.17) is 9.47 Å². The predicted octanol–water partition coefficient (Wildman–Crippen LogP) is 8.05. The largest absolute Gasteiger partial charge is 0.478 e. The van der Waals surface area contributed by atoms with E-state index in [9.17, 15) is 23.9 Å². The van der Waals surface area contributed by atoms with E-state index in [1.54, 1.807) is 48.2 Å². The van der Waals surface area contributed by atoms with Crippen LogP contribution in [0.15, 0.2) is 77.8 Å². The fraction of sp³-hybridized carbons (Fsp3) is 0.417. The summed E-state index contributed by atoms with van der Waals surface area (Å²) in [5, 5.41) is 12.4. The first-order chi connectivity index (χ1) is 22.2. The summed E-state index contributed by atoms with van der Waals surface area (Å²) in [6, 6.07) is 20.1. The molecular weight excluding hydrogens is 589 g/mol. The highest BCUT2D eigenvalue weighted by Crippen LogP contribution is 2.26. The van der Waals surface area contributed by atoms with Crippen molar-refractivity contribution < 1.29 is 33.4 Å². The van der Waals surface area contributed by atoms with Crippen LogP contribution in [-0.4, -0.2) is 59.5 Å². The number of rotatable bonds is 13. The molecule has 3 aromatic rings. The molecule has 0 aliphatic heterocycles. The number of halogens is 1. The quantitative estimate of drug-likeness (QED) is 0.145. The maximum atomic E-state index is 13.6. The highest BCUT2D eigenvalue weighted by atomic mass is 19.1. The minimum atomic E-state index is -0.940. The SMILES string of the molecule is CCC(CC)N(CCOC1CCCC(OCc2cccc(C)c2C(=O)O)C1)C(=O)Nc1cccc(F)c1.O=C=Nc1ccccc1. The molecule has 1 saturated carbocycles. The highest BCUT2D eigenvalue weighted by Gasteiger charge is 2.26. The zero-order valence-electron chi connectivity index (χ0n) is 26.8. The number of para-hydroxylation sites is 1. The normalized spacial score (nSPS) is 15.7. The Morgan fingerprint density at radius 3 is 2.37 bits per heavy atom. The number of carbonyl (C=O) groups is 2. The Hall–Kier alpha value is -4.37. The number of isocyanates is 1. The molecule has 0 aromatic heterocycles. The van der Waals surface area contributed by atoms with Gasteiger partial charge in [0.25, 0.3) is 0 Å². The fourth-order valence-electron chi connectivity index (χ4n) is 5.58. The van der Waals surface area contributed by atoms with Gasteiger partial charge in [0.2, 0.25) is 6.08 Å². The third kappa shape index (κ3) is 11.5. The maximum Gasteiger partial charge on any atom is 0.336 e. The van der Waals surface area contributed by atoms with E-state index < -0.39 is 11.8 Å². The molecule has 2 N–H and O–H groups in total. The van der Waals surface area contributed by atoms with Crippen LogP contribution in [0.2, 0.25) is 0 Å². The number of nitrogens with zero attached hydrogens (tertiary/aromatic N) is 2. The molecule has 4 rings (SSSR count). The van der Waals surface area contributed by atoms with Crippen molar-refractivity contribution in [2.24, 2.45) is 4.99 Å². The van der Waals surface area contributed by atoms with E-state index in [2.05, 4.69) is 10.3 Å². The minimum absolute atomic E-state index is 0.00711. The third-order valence-electron chi connectivity index (χ3n) is 7.96.